The van der Waals surface area contributed by atoms with E-state index in [0.717, 1.165) is 44.6 Å². The number of hydrogen-bond donors (Lipinski definition) is 0. The van der Waals surface area contributed by atoms with E-state index in [1.165, 1.54) is 0 Å². The number of imidazole rings is 1. The molecule has 1 aliphatic heterocycles. The van der Waals surface area contributed by atoms with Gasteiger partial charge in [-0.15, -0.1) is 0 Å². The summed E-state index contributed by atoms with van der Waals surface area (Å²) in [6.45, 7) is 2.49. The molecule has 0 spiro atoms. The van der Waals surface area contributed by atoms with Crippen molar-refractivity contribution >= 4 is 5.91 Å². The van der Waals surface area contributed by atoms with Gasteiger partial charge in [0.05, 0.1) is 6.33 Å². The average molecular weight is 299 g/mol. The Morgan fingerprint density at radius 2 is 2.27 bits per heavy atom. The minimum atomic E-state index is 0.249. The number of likely N-dealkylation sites (tertiary alicyclic amines) is 1. The summed E-state index contributed by atoms with van der Waals surface area (Å²) in [6, 6.07) is 1.96. The van der Waals surface area contributed by atoms with E-state index in [-0.39, 0.29) is 5.91 Å². The number of amides is 1. The number of rotatable bonds is 5. The summed E-state index contributed by atoms with van der Waals surface area (Å²) < 4.78 is 2.01. The Bertz CT molecular complexity index is 584. The van der Waals surface area contributed by atoms with E-state index in [9.17, 15) is 4.79 Å². The first kappa shape index (κ1) is 14.7. The van der Waals surface area contributed by atoms with E-state index < -0.39 is 0 Å². The molecule has 1 amide bonds. The molecule has 0 unspecified atom stereocenters. The van der Waals surface area contributed by atoms with Crippen LogP contribution in [0.5, 0.6) is 0 Å². The van der Waals surface area contributed by atoms with Gasteiger partial charge >= 0.3 is 0 Å². The van der Waals surface area contributed by atoms with Crippen LogP contribution in [-0.4, -0.2) is 43.4 Å². The van der Waals surface area contributed by atoms with Gasteiger partial charge in [0.1, 0.15) is 6.33 Å². The number of piperidine rings is 1. The van der Waals surface area contributed by atoms with Gasteiger partial charge in [0.15, 0.2) is 0 Å². The highest BCUT2D eigenvalue weighted by atomic mass is 16.2. The Morgan fingerprint density at radius 1 is 1.32 bits per heavy atom. The van der Waals surface area contributed by atoms with Crippen molar-refractivity contribution in [3.63, 3.8) is 0 Å². The lowest BCUT2D eigenvalue weighted by Crippen LogP contribution is -2.39. The fourth-order valence-electron chi connectivity index (χ4n) is 2.98. The molecular weight excluding hydrogens is 278 g/mol. The zero-order valence-electron chi connectivity index (χ0n) is 12.6. The van der Waals surface area contributed by atoms with Gasteiger partial charge in [0.25, 0.3) is 0 Å². The monoisotopic (exact) mass is 299 g/mol. The van der Waals surface area contributed by atoms with Gasteiger partial charge in [-0.1, -0.05) is 0 Å². The zero-order valence-corrected chi connectivity index (χ0v) is 12.6. The Hall–Kier alpha value is -2.24. The van der Waals surface area contributed by atoms with Gasteiger partial charge < -0.3 is 9.47 Å². The fraction of sp³-hybridized carbons (Fsp3) is 0.500. The quantitative estimate of drug-likeness (QED) is 0.845. The molecule has 1 aliphatic rings. The fourth-order valence-corrected chi connectivity index (χ4v) is 2.98. The third-order valence-electron chi connectivity index (χ3n) is 4.16. The molecule has 0 saturated carbocycles. The average Bonchev–Trinajstić information content (AvgIpc) is 3.09. The van der Waals surface area contributed by atoms with Crippen LogP contribution in [0, 0.1) is 0 Å². The van der Waals surface area contributed by atoms with Crippen molar-refractivity contribution in [3.8, 4) is 0 Å². The Morgan fingerprint density at radius 3 is 3.05 bits per heavy atom. The number of carbonyl (C=O) groups is 1. The lowest BCUT2D eigenvalue weighted by Gasteiger charge is -2.32. The van der Waals surface area contributed by atoms with Crippen LogP contribution >= 0.6 is 0 Å². The van der Waals surface area contributed by atoms with Crippen molar-refractivity contribution < 1.29 is 4.79 Å². The molecule has 0 radical (unpaired) electrons. The summed E-state index contributed by atoms with van der Waals surface area (Å²) in [5.41, 5.74) is 1.05. The predicted molar refractivity (Wildman–Crippen MR) is 82.0 cm³/mol. The summed E-state index contributed by atoms with van der Waals surface area (Å²) in [5.74, 6) is 0.591. The number of nitrogens with zero attached hydrogens (tertiary/aromatic N) is 5. The highest BCUT2D eigenvalue weighted by Crippen LogP contribution is 2.25. The van der Waals surface area contributed by atoms with Crippen LogP contribution in [0.25, 0.3) is 0 Å². The number of carbonyl (C=O) groups excluding carboxylic acids is 1. The molecule has 6 nitrogen and oxygen atoms in total. The van der Waals surface area contributed by atoms with E-state index in [4.69, 9.17) is 0 Å². The summed E-state index contributed by atoms with van der Waals surface area (Å²) in [6.07, 6.45) is 12.4. The van der Waals surface area contributed by atoms with E-state index in [0.29, 0.717) is 12.3 Å². The largest absolute Gasteiger partial charge is 0.342 e. The van der Waals surface area contributed by atoms with Crippen LogP contribution in [0.2, 0.25) is 0 Å². The second-order valence-corrected chi connectivity index (χ2v) is 5.72. The number of aryl methyl sites for hydroxylation is 1. The second-order valence-electron chi connectivity index (χ2n) is 5.72. The maximum atomic E-state index is 12.4. The topological polar surface area (TPSA) is 63.9 Å². The molecule has 3 heterocycles. The molecule has 2 aromatic rings. The molecule has 6 heteroatoms. The van der Waals surface area contributed by atoms with Crippen molar-refractivity contribution in [1.29, 1.82) is 0 Å². The van der Waals surface area contributed by atoms with Crippen molar-refractivity contribution in [2.75, 3.05) is 13.1 Å². The van der Waals surface area contributed by atoms with Crippen molar-refractivity contribution in [2.24, 2.45) is 0 Å². The van der Waals surface area contributed by atoms with Crippen LogP contribution in [0.3, 0.4) is 0 Å². The molecule has 2 aromatic heterocycles. The summed E-state index contributed by atoms with van der Waals surface area (Å²) in [7, 11) is 0. The predicted octanol–water partition coefficient (Wildman–Crippen LogP) is 1.86. The van der Waals surface area contributed by atoms with Gasteiger partial charge in [0.2, 0.25) is 5.91 Å². The molecule has 0 bridgehead atoms. The van der Waals surface area contributed by atoms with E-state index >= 15 is 0 Å². The third kappa shape index (κ3) is 3.69. The highest BCUT2D eigenvalue weighted by molar-refractivity contribution is 5.76. The first-order chi connectivity index (χ1) is 10.8. The van der Waals surface area contributed by atoms with Crippen LogP contribution in [0.4, 0.5) is 0 Å². The smallest absolute Gasteiger partial charge is 0.222 e. The minimum Gasteiger partial charge on any atom is -0.342 e. The van der Waals surface area contributed by atoms with Crippen molar-refractivity contribution in [2.45, 2.75) is 38.1 Å². The van der Waals surface area contributed by atoms with Gasteiger partial charge in [-0.25, -0.2) is 15.0 Å². The van der Waals surface area contributed by atoms with Crippen molar-refractivity contribution in [3.05, 3.63) is 43.0 Å². The van der Waals surface area contributed by atoms with Crippen LogP contribution < -0.4 is 0 Å². The second kappa shape index (κ2) is 7.15. The highest BCUT2D eigenvalue weighted by Gasteiger charge is 2.25. The number of aromatic nitrogens is 4. The molecule has 0 aromatic carbocycles. The molecular formula is C16H21N5O. The van der Waals surface area contributed by atoms with Gasteiger partial charge in [-0.2, -0.15) is 0 Å². The van der Waals surface area contributed by atoms with Gasteiger partial charge in [0, 0.05) is 56.3 Å². The lowest BCUT2D eigenvalue weighted by atomic mass is 9.94. The normalized spacial score (nSPS) is 18.4. The van der Waals surface area contributed by atoms with Crippen LogP contribution in [0.15, 0.2) is 37.3 Å². The third-order valence-corrected chi connectivity index (χ3v) is 4.16. The Kier molecular flexibility index (Phi) is 4.78. The molecule has 3 rings (SSSR count). The molecule has 0 N–H and O–H groups in total. The summed E-state index contributed by atoms with van der Waals surface area (Å²) in [5, 5.41) is 0. The minimum absolute atomic E-state index is 0.249. The Balaban J connectivity index is 1.49. The number of hydrogen-bond acceptors (Lipinski definition) is 4. The standard InChI is InChI=1S/C16H21N5O/c22-16(4-2-8-20-10-7-18-13-20)21-9-1-3-14(11-21)15-5-6-17-12-19-15/h5-7,10,12-14H,1-4,8-9,11H2/t14-/m1/s1. The maximum Gasteiger partial charge on any atom is 0.222 e. The van der Waals surface area contributed by atoms with Gasteiger partial charge in [-0.05, 0) is 25.3 Å². The molecule has 1 fully saturated rings. The first-order valence-electron chi connectivity index (χ1n) is 7.82. The zero-order chi connectivity index (χ0) is 15.2. The summed E-state index contributed by atoms with van der Waals surface area (Å²) >= 11 is 0. The first-order valence-corrected chi connectivity index (χ1v) is 7.82. The van der Waals surface area contributed by atoms with Crippen LogP contribution in [-0.2, 0) is 11.3 Å². The van der Waals surface area contributed by atoms with E-state index in [1.807, 2.05) is 21.7 Å². The lowest BCUT2D eigenvalue weighted by molar-refractivity contribution is -0.132. The molecule has 1 atom stereocenters. The van der Waals surface area contributed by atoms with Crippen molar-refractivity contribution in [1.82, 2.24) is 24.4 Å². The summed E-state index contributed by atoms with van der Waals surface area (Å²) in [4.78, 5) is 26.7. The molecule has 1 saturated heterocycles. The maximum absolute atomic E-state index is 12.4. The molecule has 116 valence electrons. The molecule has 22 heavy (non-hydrogen) atoms. The SMILES string of the molecule is O=C(CCCn1ccnc1)N1CCC[C@@H](c2ccncn2)C1. The van der Waals surface area contributed by atoms with Crippen LogP contribution in [0.1, 0.15) is 37.3 Å². The molecule has 0 aliphatic carbocycles. The van der Waals surface area contributed by atoms with E-state index in [1.54, 1.807) is 25.0 Å². The van der Waals surface area contributed by atoms with E-state index in [2.05, 4.69) is 15.0 Å². The van der Waals surface area contributed by atoms with Gasteiger partial charge in [-0.3, -0.25) is 4.79 Å². The Labute approximate surface area is 130 Å².